The molecule has 1 saturated heterocycles. The minimum Gasteiger partial charge on any atom is -0.466 e. The molecule has 9 heteroatoms. The summed E-state index contributed by atoms with van der Waals surface area (Å²) in [5.74, 6) is 0.219. The molecule has 0 saturated carbocycles. The predicted octanol–water partition coefficient (Wildman–Crippen LogP) is 0.359. The van der Waals surface area contributed by atoms with Crippen molar-refractivity contribution >= 4 is 28.9 Å². The number of anilines is 2. The SMILES string of the molecule is CCOC(=O)C1CCN(Cc2cnc3nc(N)nc(N)c3n2)CC1. The molecule has 0 bridgehead atoms. The van der Waals surface area contributed by atoms with Gasteiger partial charge in [0, 0.05) is 6.54 Å². The molecule has 9 nitrogen and oxygen atoms in total. The molecular formula is C15H21N7O2. The van der Waals surface area contributed by atoms with Crippen LogP contribution in [-0.4, -0.2) is 50.5 Å². The highest BCUT2D eigenvalue weighted by molar-refractivity contribution is 5.81. The van der Waals surface area contributed by atoms with E-state index in [9.17, 15) is 4.79 Å². The van der Waals surface area contributed by atoms with E-state index in [0.717, 1.165) is 31.6 Å². The van der Waals surface area contributed by atoms with Gasteiger partial charge in [-0.05, 0) is 32.9 Å². The van der Waals surface area contributed by atoms with Gasteiger partial charge in [0.2, 0.25) is 5.95 Å². The summed E-state index contributed by atoms with van der Waals surface area (Å²) in [5.41, 5.74) is 13.0. The molecule has 0 amide bonds. The number of fused-ring (bicyclic) bond motifs is 1. The lowest BCUT2D eigenvalue weighted by molar-refractivity contribution is -0.149. The first-order valence-corrected chi connectivity index (χ1v) is 8.00. The highest BCUT2D eigenvalue weighted by Crippen LogP contribution is 2.21. The number of nitrogens with two attached hydrogens (primary N) is 2. The highest BCUT2D eigenvalue weighted by Gasteiger charge is 2.26. The van der Waals surface area contributed by atoms with Gasteiger partial charge in [0.05, 0.1) is 24.4 Å². The molecule has 128 valence electrons. The minimum atomic E-state index is -0.0924. The number of nitrogen functional groups attached to an aromatic ring is 2. The average molecular weight is 331 g/mol. The number of nitrogens with zero attached hydrogens (tertiary/aromatic N) is 5. The minimum absolute atomic E-state index is 0.00379. The molecule has 0 radical (unpaired) electrons. The van der Waals surface area contributed by atoms with Crippen molar-refractivity contribution in [1.29, 1.82) is 0 Å². The predicted molar refractivity (Wildman–Crippen MR) is 88.6 cm³/mol. The highest BCUT2D eigenvalue weighted by atomic mass is 16.5. The van der Waals surface area contributed by atoms with Crippen LogP contribution < -0.4 is 11.5 Å². The first-order valence-electron chi connectivity index (χ1n) is 8.00. The Hall–Kier alpha value is -2.55. The molecule has 1 fully saturated rings. The zero-order chi connectivity index (χ0) is 17.1. The molecule has 3 rings (SSSR count). The molecule has 4 N–H and O–H groups in total. The number of piperidine rings is 1. The Morgan fingerprint density at radius 2 is 2.04 bits per heavy atom. The van der Waals surface area contributed by atoms with E-state index in [0.29, 0.717) is 24.3 Å². The topological polar surface area (TPSA) is 133 Å². The van der Waals surface area contributed by atoms with Gasteiger partial charge in [0.15, 0.2) is 17.0 Å². The number of hydrogen-bond donors (Lipinski definition) is 2. The van der Waals surface area contributed by atoms with Gasteiger partial charge in [-0.2, -0.15) is 9.97 Å². The molecule has 1 aliphatic rings. The van der Waals surface area contributed by atoms with Crippen LogP contribution in [0.3, 0.4) is 0 Å². The summed E-state index contributed by atoms with van der Waals surface area (Å²) in [6.07, 6.45) is 3.26. The molecule has 2 aromatic rings. The Bertz CT molecular complexity index is 744. The molecule has 0 aliphatic carbocycles. The first-order chi connectivity index (χ1) is 11.6. The lowest BCUT2D eigenvalue weighted by Gasteiger charge is -2.30. The van der Waals surface area contributed by atoms with Crippen molar-refractivity contribution in [3.8, 4) is 0 Å². The molecular weight excluding hydrogens is 310 g/mol. The number of carbonyl (C=O) groups is 1. The normalized spacial score (nSPS) is 16.4. The van der Waals surface area contributed by atoms with E-state index >= 15 is 0 Å². The van der Waals surface area contributed by atoms with Crippen LogP contribution >= 0.6 is 0 Å². The lowest BCUT2D eigenvalue weighted by atomic mass is 9.97. The van der Waals surface area contributed by atoms with Crippen LogP contribution in [0.5, 0.6) is 0 Å². The largest absolute Gasteiger partial charge is 0.466 e. The van der Waals surface area contributed by atoms with E-state index in [2.05, 4.69) is 24.8 Å². The third-order valence-electron chi connectivity index (χ3n) is 4.09. The fourth-order valence-corrected chi connectivity index (χ4v) is 2.87. The average Bonchev–Trinajstić information content (AvgIpc) is 2.56. The summed E-state index contributed by atoms with van der Waals surface area (Å²) in [4.78, 5) is 30.7. The Kier molecular flexibility index (Phi) is 4.70. The van der Waals surface area contributed by atoms with Crippen LogP contribution in [0.25, 0.3) is 11.2 Å². The number of aromatic nitrogens is 4. The molecule has 0 spiro atoms. The van der Waals surface area contributed by atoms with E-state index < -0.39 is 0 Å². The fourth-order valence-electron chi connectivity index (χ4n) is 2.87. The van der Waals surface area contributed by atoms with Gasteiger partial charge in [-0.1, -0.05) is 0 Å². The molecule has 0 atom stereocenters. The summed E-state index contributed by atoms with van der Waals surface area (Å²) in [6.45, 7) is 4.53. The number of ether oxygens (including phenoxy) is 1. The van der Waals surface area contributed by atoms with Gasteiger partial charge < -0.3 is 16.2 Å². The van der Waals surface area contributed by atoms with Crippen LogP contribution in [0.4, 0.5) is 11.8 Å². The van der Waals surface area contributed by atoms with Crippen molar-refractivity contribution in [1.82, 2.24) is 24.8 Å². The van der Waals surface area contributed by atoms with Crippen molar-refractivity contribution in [3.63, 3.8) is 0 Å². The number of carbonyl (C=O) groups excluding carboxylic acids is 1. The standard InChI is InChI=1S/C15H21N7O2/c1-2-24-14(23)9-3-5-22(6-4-9)8-10-7-18-13-11(19-10)12(16)20-15(17)21-13/h7,9H,2-6,8H2,1H3,(H4,16,17,18,20,21). The van der Waals surface area contributed by atoms with Crippen molar-refractivity contribution in [2.24, 2.45) is 5.92 Å². The van der Waals surface area contributed by atoms with Crippen molar-refractivity contribution < 1.29 is 9.53 Å². The second-order valence-electron chi connectivity index (χ2n) is 5.80. The zero-order valence-corrected chi connectivity index (χ0v) is 13.6. The third-order valence-corrected chi connectivity index (χ3v) is 4.09. The van der Waals surface area contributed by atoms with Crippen LogP contribution in [-0.2, 0) is 16.1 Å². The second kappa shape index (κ2) is 6.91. The third kappa shape index (κ3) is 3.51. The Balaban J connectivity index is 1.65. The maximum atomic E-state index is 11.8. The summed E-state index contributed by atoms with van der Waals surface area (Å²) in [5, 5.41) is 0. The smallest absolute Gasteiger partial charge is 0.309 e. The first kappa shape index (κ1) is 16.3. The van der Waals surface area contributed by atoms with Gasteiger partial charge in [0.25, 0.3) is 0 Å². The second-order valence-corrected chi connectivity index (χ2v) is 5.80. The number of rotatable bonds is 4. The van der Waals surface area contributed by atoms with Crippen molar-refractivity contribution in [3.05, 3.63) is 11.9 Å². The Morgan fingerprint density at radius 1 is 1.29 bits per heavy atom. The van der Waals surface area contributed by atoms with Gasteiger partial charge in [-0.15, -0.1) is 0 Å². The maximum absolute atomic E-state index is 11.8. The summed E-state index contributed by atoms with van der Waals surface area (Å²) < 4.78 is 5.09. The fraction of sp³-hybridized carbons (Fsp3) is 0.533. The number of hydrogen-bond acceptors (Lipinski definition) is 9. The van der Waals surface area contributed by atoms with Crippen molar-refractivity contribution in [2.45, 2.75) is 26.3 Å². The Labute approximate surface area is 139 Å². The molecule has 0 unspecified atom stereocenters. The van der Waals surface area contributed by atoms with Gasteiger partial charge in [-0.25, -0.2) is 9.97 Å². The number of likely N-dealkylation sites (tertiary alicyclic amines) is 1. The van der Waals surface area contributed by atoms with E-state index in [1.165, 1.54) is 0 Å². The molecule has 1 aliphatic heterocycles. The van der Waals surface area contributed by atoms with Crippen LogP contribution in [0.1, 0.15) is 25.5 Å². The van der Waals surface area contributed by atoms with E-state index in [-0.39, 0.29) is 23.7 Å². The molecule has 0 aromatic carbocycles. The molecule has 2 aromatic heterocycles. The van der Waals surface area contributed by atoms with Gasteiger partial charge >= 0.3 is 5.97 Å². The maximum Gasteiger partial charge on any atom is 0.309 e. The quantitative estimate of drug-likeness (QED) is 0.761. The van der Waals surface area contributed by atoms with Crippen LogP contribution in [0, 0.1) is 5.92 Å². The summed E-state index contributed by atoms with van der Waals surface area (Å²) >= 11 is 0. The Morgan fingerprint density at radius 3 is 2.75 bits per heavy atom. The van der Waals surface area contributed by atoms with Crippen LogP contribution in [0.2, 0.25) is 0 Å². The monoisotopic (exact) mass is 331 g/mol. The number of esters is 1. The summed E-state index contributed by atoms with van der Waals surface area (Å²) in [7, 11) is 0. The van der Waals surface area contributed by atoms with E-state index in [4.69, 9.17) is 16.2 Å². The van der Waals surface area contributed by atoms with E-state index in [1.807, 2.05) is 6.92 Å². The van der Waals surface area contributed by atoms with Gasteiger partial charge in [0.1, 0.15) is 0 Å². The molecule has 3 heterocycles. The van der Waals surface area contributed by atoms with Crippen molar-refractivity contribution in [2.75, 3.05) is 31.2 Å². The molecule has 24 heavy (non-hydrogen) atoms. The lowest BCUT2D eigenvalue weighted by Crippen LogP contribution is -2.36. The van der Waals surface area contributed by atoms with Gasteiger partial charge in [-0.3, -0.25) is 9.69 Å². The zero-order valence-electron chi connectivity index (χ0n) is 13.6. The van der Waals surface area contributed by atoms with Crippen LogP contribution in [0.15, 0.2) is 6.20 Å². The summed E-state index contributed by atoms with van der Waals surface area (Å²) in [6, 6.07) is 0. The van der Waals surface area contributed by atoms with E-state index in [1.54, 1.807) is 6.20 Å².